The van der Waals surface area contributed by atoms with Gasteiger partial charge in [-0.2, -0.15) is 0 Å². The SMILES string of the molecule is NC(=O)c1ncn([C@@H]2O[C@H](COP(=O)([O-])[O-])[C@@H](O)[C@H]2O)c1O.[Na+].[Na+]. The Balaban J connectivity index is 0.00000264. The molecule has 1 aliphatic rings. The fraction of sp³-hybridized carbons (Fsp3) is 0.556. The van der Waals surface area contributed by atoms with Gasteiger partial charge in [-0.3, -0.25) is 9.36 Å². The largest absolute Gasteiger partial charge is 1.00 e. The summed E-state index contributed by atoms with van der Waals surface area (Å²) in [4.78, 5) is 35.3. The van der Waals surface area contributed by atoms with Crippen molar-refractivity contribution in [3.05, 3.63) is 12.0 Å². The van der Waals surface area contributed by atoms with E-state index >= 15 is 0 Å². The summed E-state index contributed by atoms with van der Waals surface area (Å²) in [7, 11) is -5.28. The van der Waals surface area contributed by atoms with E-state index in [9.17, 15) is 34.5 Å². The molecule has 0 unspecified atom stereocenters. The molecule has 1 aromatic rings. The molecule has 0 aromatic carbocycles. The molecule has 2 rings (SSSR count). The van der Waals surface area contributed by atoms with Crippen LogP contribution in [0.1, 0.15) is 16.7 Å². The number of ether oxygens (including phenoxy) is 1. The Kier molecular flexibility index (Phi) is 9.60. The van der Waals surface area contributed by atoms with Gasteiger partial charge < -0.3 is 44.7 Å². The van der Waals surface area contributed by atoms with Gasteiger partial charge in [0.2, 0.25) is 5.88 Å². The monoisotopic (exact) mass is 383 g/mol. The number of aromatic nitrogens is 2. The predicted molar refractivity (Wildman–Crippen MR) is 61.9 cm³/mol. The number of nitrogens with two attached hydrogens (primary N) is 1. The molecule has 12 nitrogen and oxygen atoms in total. The maximum atomic E-state index is 11.0. The van der Waals surface area contributed by atoms with Crippen LogP contribution < -0.4 is 74.6 Å². The summed E-state index contributed by atoms with van der Waals surface area (Å²) in [6.07, 6.45) is -5.01. The number of imidazole rings is 1. The maximum Gasteiger partial charge on any atom is 1.00 e. The summed E-state index contributed by atoms with van der Waals surface area (Å²) in [5, 5.41) is 29.3. The van der Waals surface area contributed by atoms with Gasteiger partial charge in [0.15, 0.2) is 11.9 Å². The molecule has 15 heteroatoms. The van der Waals surface area contributed by atoms with Crippen LogP contribution in [0.2, 0.25) is 0 Å². The number of primary amides is 1. The molecule has 1 aromatic heterocycles. The van der Waals surface area contributed by atoms with Crippen LogP contribution in [0.5, 0.6) is 5.88 Å². The maximum absolute atomic E-state index is 11.0. The molecule has 24 heavy (non-hydrogen) atoms. The Bertz CT molecular complexity index is 623. The Hall–Kier alpha value is 0.470. The van der Waals surface area contributed by atoms with Gasteiger partial charge in [0.25, 0.3) is 5.91 Å². The van der Waals surface area contributed by atoms with Crippen LogP contribution in [0.3, 0.4) is 0 Å². The number of hydrogen-bond donors (Lipinski definition) is 4. The number of amides is 1. The number of phosphoric ester groups is 1. The first-order valence-corrected chi connectivity index (χ1v) is 7.31. The molecule has 0 bridgehead atoms. The van der Waals surface area contributed by atoms with Gasteiger partial charge in [0.05, 0.1) is 14.4 Å². The minimum Gasteiger partial charge on any atom is -0.790 e. The van der Waals surface area contributed by atoms with Crippen molar-refractivity contribution in [1.29, 1.82) is 0 Å². The molecular weight excluding hydrogens is 371 g/mol. The molecule has 0 saturated carbocycles. The second kappa shape index (κ2) is 9.42. The number of nitrogens with zero attached hydrogens (tertiary/aromatic N) is 2. The van der Waals surface area contributed by atoms with Crippen molar-refractivity contribution in [1.82, 2.24) is 9.55 Å². The molecule has 0 aliphatic carbocycles. The summed E-state index contributed by atoms with van der Waals surface area (Å²) >= 11 is 0. The first kappa shape index (κ1) is 24.5. The van der Waals surface area contributed by atoms with Crippen molar-refractivity contribution >= 4 is 13.7 Å². The van der Waals surface area contributed by atoms with E-state index in [0.717, 1.165) is 10.9 Å². The molecule has 0 spiro atoms. The van der Waals surface area contributed by atoms with Gasteiger partial charge in [-0.25, -0.2) is 4.98 Å². The second-order valence-electron chi connectivity index (χ2n) is 4.48. The quantitative estimate of drug-likeness (QED) is 0.279. The van der Waals surface area contributed by atoms with Crippen molar-refractivity contribution in [3.63, 3.8) is 0 Å². The number of rotatable bonds is 5. The minimum absolute atomic E-state index is 0. The third-order valence-corrected chi connectivity index (χ3v) is 3.47. The number of phosphoric acid groups is 1. The standard InChI is InChI=1S/C9H14N3O9P.2Na/c10-7(15)4-8(16)12(2-11-4)9-6(14)5(13)3(21-9)1-20-22(17,18)19;;/h2-3,5-6,9,13-14,16H,1H2,(H2,10,15)(H2,17,18,19);;/q;2*+1/p-2/t3-,5-,6-,9-;;/m1../s1. The van der Waals surface area contributed by atoms with Crippen molar-refractivity contribution in [2.75, 3.05) is 6.61 Å². The van der Waals surface area contributed by atoms with E-state index in [-0.39, 0.29) is 59.1 Å². The van der Waals surface area contributed by atoms with E-state index in [4.69, 9.17) is 10.5 Å². The first-order chi connectivity index (χ1) is 10.1. The van der Waals surface area contributed by atoms with Gasteiger partial charge in [-0.15, -0.1) is 0 Å². The van der Waals surface area contributed by atoms with Crippen LogP contribution >= 0.6 is 7.82 Å². The smallest absolute Gasteiger partial charge is 0.790 e. The average Bonchev–Trinajstić information content (AvgIpc) is 2.90. The van der Waals surface area contributed by atoms with E-state index in [0.29, 0.717) is 0 Å². The summed E-state index contributed by atoms with van der Waals surface area (Å²) < 4.78 is 20.3. The van der Waals surface area contributed by atoms with Crippen LogP contribution in [-0.4, -0.2) is 55.7 Å². The summed E-state index contributed by atoms with van der Waals surface area (Å²) in [6.45, 7) is -0.822. The van der Waals surface area contributed by atoms with Gasteiger partial charge in [0.1, 0.15) is 24.6 Å². The van der Waals surface area contributed by atoms with E-state index in [1.165, 1.54) is 0 Å². The number of carbonyl (C=O) groups is 1. The van der Waals surface area contributed by atoms with Gasteiger partial charge in [0, 0.05) is 0 Å². The number of carbonyl (C=O) groups excluding carboxylic acids is 1. The molecule has 1 fully saturated rings. The van der Waals surface area contributed by atoms with E-state index in [1.807, 2.05) is 0 Å². The summed E-state index contributed by atoms with van der Waals surface area (Å²) in [5.41, 5.74) is 4.49. The van der Waals surface area contributed by atoms with Crippen LogP contribution in [0.15, 0.2) is 6.33 Å². The molecule has 124 valence electrons. The molecule has 1 amide bonds. The van der Waals surface area contributed by atoms with Gasteiger partial charge >= 0.3 is 59.1 Å². The fourth-order valence-corrected chi connectivity index (χ4v) is 2.31. The van der Waals surface area contributed by atoms with E-state index in [1.54, 1.807) is 0 Å². The third kappa shape index (κ3) is 5.48. The Morgan fingerprint density at radius 1 is 1.42 bits per heavy atom. The average molecular weight is 383 g/mol. The third-order valence-electron chi connectivity index (χ3n) is 3.01. The van der Waals surface area contributed by atoms with Crippen molar-refractivity contribution < 1.29 is 103 Å². The van der Waals surface area contributed by atoms with Crippen molar-refractivity contribution in [3.8, 4) is 5.88 Å². The number of aromatic hydroxyl groups is 1. The van der Waals surface area contributed by atoms with Crippen molar-refractivity contribution in [2.24, 2.45) is 5.73 Å². The summed E-state index contributed by atoms with van der Waals surface area (Å²) in [5.74, 6) is -1.73. The Labute approximate surface area is 179 Å². The fourth-order valence-electron chi connectivity index (χ4n) is 1.98. The van der Waals surface area contributed by atoms with Crippen LogP contribution in [0, 0.1) is 0 Å². The second-order valence-corrected chi connectivity index (χ2v) is 5.63. The minimum atomic E-state index is -5.28. The molecule has 2 heterocycles. The number of aliphatic hydroxyl groups is 2. The molecular formula is C9H12N3Na2O9P. The number of aliphatic hydroxyl groups excluding tert-OH is 2. The molecule has 4 atom stereocenters. The van der Waals surface area contributed by atoms with Crippen molar-refractivity contribution in [2.45, 2.75) is 24.5 Å². The normalized spacial score (nSPS) is 26.5. The zero-order chi connectivity index (χ0) is 16.7. The zero-order valence-electron chi connectivity index (χ0n) is 12.8. The van der Waals surface area contributed by atoms with Gasteiger partial charge in [-0.1, -0.05) is 0 Å². The molecule has 5 N–H and O–H groups in total. The van der Waals surface area contributed by atoms with Crippen LogP contribution in [0.25, 0.3) is 0 Å². The first-order valence-electron chi connectivity index (χ1n) is 5.85. The van der Waals surface area contributed by atoms with E-state index in [2.05, 4.69) is 9.51 Å². The van der Waals surface area contributed by atoms with E-state index < -0.39 is 56.5 Å². The van der Waals surface area contributed by atoms with Crippen LogP contribution in [-0.2, 0) is 13.8 Å². The predicted octanol–water partition coefficient (Wildman–Crippen LogP) is -9.84. The number of hydrogen-bond acceptors (Lipinski definition) is 10. The Morgan fingerprint density at radius 3 is 2.46 bits per heavy atom. The molecule has 0 radical (unpaired) electrons. The zero-order valence-corrected chi connectivity index (χ0v) is 17.7. The van der Waals surface area contributed by atoms with Gasteiger partial charge in [-0.05, 0) is 0 Å². The molecule has 1 aliphatic heterocycles. The van der Waals surface area contributed by atoms with Crippen LogP contribution in [0.4, 0.5) is 0 Å². The topological polar surface area (TPSA) is 203 Å². The summed E-state index contributed by atoms with van der Waals surface area (Å²) in [6, 6.07) is 0. The Morgan fingerprint density at radius 2 is 2.00 bits per heavy atom. The molecule has 1 saturated heterocycles.